The second kappa shape index (κ2) is 11.4. The lowest BCUT2D eigenvalue weighted by atomic mass is 10.0. The van der Waals surface area contributed by atoms with Crippen LogP contribution in [0.2, 0.25) is 0 Å². The van der Waals surface area contributed by atoms with Crippen molar-refractivity contribution in [2.45, 2.75) is 46.5 Å². The van der Waals surface area contributed by atoms with Crippen LogP contribution in [0.5, 0.6) is 0 Å². The highest BCUT2D eigenvalue weighted by molar-refractivity contribution is 5.89. The fourth-order valence-corrected chi connectivity index (χ4v) is 4.76. The van der Waals surface area contributed by atoms with Crippen molar-refractivity contribution in [1.29, 1.82) is 0 Å². The van der Waals surface area contributed by atoms with Gasteiger partial charge < -0.3 is 15.1 Å². The van der Waals surface area contributed by atoms with Gasteiger partial charge in [0.15, 0.2) is 0 Å². The molecule has 0 atom stereocenters. The smallest absolute Gasteiger partial charge is 0.102 e. The predicted octanol–water partition coefficient (Wildman–Crippen LogP) is 6.34. The molecule has 3 heterocycles. The highest BCUT2D eigenvalue weighted by Gasteiger charge is 2.26. The van der Waals surface area contributed by atoms with Crippen LogP contribution in [0, 0.1) is 5.92 Å². The van der Waals surface area contributed by atoms with Gasteiger partial charge in [0.1, 0.15) is 5.84 Å². The standard InChI is InChI=1S/C30H39N5/c1-22(2)20-32-23(3)26-11-9-12-27(19-26)30(33-25(5)34-16-7-6-8-17-34)29-14-18-35(24(29)4)28-13-10-15-31-21-28/h9-13,15,19,21-22,32H,3-4,6-8,14,16-18,20H2,1-2,5H3/b30-29-,33-25+. The maximum atomic E-state index is 5.27. The average Bonchev–Trinajstić information content (AvgIpc) is 3.27. The van der Waals surface area contributed by atoms with Crippen molar-refractivity contribution in [3.05, 3.63) is 84.3 Å². The lowest BCUT2D eigenvalue weighted by Gasteiger charge is -2.28. The van der Waals surface area contributed by atoms with Gasteiger partial charge in [0.05, 0.1) is 17.6 Å². The summed E-state index contributed by atoms with van der Waals surface area (Å²) in [6, 6.07) is 12.7. The van der Waals surface area contributed by atoms with E-state index < -0.39 is 0 Å². The molecule has 0 spiro atoms. The van der Waals surface area contributed by atoms with Crippen molar-refractivity contribution in [2.24, 2.45) is 10.9 Å². The van der Waals surface area contributed by atoms with E-state index in [1.807, 2.05) is 18.5 Å². The fraction of sp³-hybridized carbons (Fsp3) is 0.400. The number of allylic oxidation sites excluding steroid dienone is 1. The number of pyridine rings is 1. The predicted molar refractivity (Wildman–Crippen MR) is 149 cm³/mol. The molecule has 0 bridgehead atoms. The summed E-state index contributed by atoms with van der Waals surface area (Å²) in [5.41, 5.74) is 7.44. The molecule has 2 aromatic rings. The first-order valence-corrected chi connectivity index (χ1v) is 12.9. The monoisotopic (exact) mass is 469 g/mol. The Labute approximate surface area is 211 Å². The lowest BCUT2D eigenvalue weighted by Crippen LogP contribution is -2.34. The Hall–Kier alpha value is -3.34. The van der Waals surface area contributed by atoms with Crippen molar-refractivity contribution in [3.8, 4) is 0 Å². The Morgan fingerprint density at radius 3 is 2.57 bits per heavy atom. The molecule has 35 heavy (non-hydrogen) atoms. The molecular weight excluding hydrogens is 430 g/mol. The second-order valence-electron chi connectivity index (χ2n) is 9.93. The van der Waals surface area contributed by atoms with Gasteiger partial charge in [0.2, 0.25) is 0 Å². The van der Waals surface area contributed by atoms with E-state index in [0.717, 1.165) is 72.3 Å². The zero-order chi connectivity index (χ0) is 24.8. The number of aliphatic imine (C=N–C) groups is 1. The highest BCUT2D eigenvalue weighted by Crippen LogP contribution is 2.37. The van der Waals surface area contributed by atoms with Crippen molar-refractivity contribution >= 4 is 22.9 Å². The van der Waals surface area contributed by atoms with Crippen LogP contribution in [0.15, 0.2) is 78.2 Å². The molecule has 184 valence electrons. The third-order valence-corrected chi connectivity index (χ3v) is 6.80. The summed E-state index contributed by atoms with van der Waals surface area (Å²) in [7, 11) is 0. The molecule has 2 saturated heterocycles. The van der Waals surface area contributed by atoms with E-state index in [1.165, 1.54) is 24.8 Å². The molecule has 2 aliphatic heterocycles. The Kier molecular flexibility index (Phi) is 8.06. The maximum absolute atomic E-state index is 5.27. The number of piperidine rings is 1. The molecule has 0 saturated carbocycles. The summed E-state index contributed by atoms with van der Waals surface area (Å²) in [5.74, 6) is 1.65. The number of likely N-dealkylation sites (tertiary alicyclic amines) is 1. The van der Waals surface area contributed by atoms with Crippen LogP contribution in [0.4, 0.5) is 5.69 Å². The van der Waals surface area contributed by atoms with Gasteiger partial charge >= 0.3 is 0 Å². The van der Waals surface area contributed by atoms with Crippen molar-refractivity contribution in [2.75, 3.05) is 31.1 Å². The van der Waals surface area contributed by atoms with Crippen LogP contribution < -0.4 is 10.2 Å². The fourth-order valence-electron chi connectivity index (χ4n) is 4.76. The first-order chi connectivity index (χ1) is 16.9. The zero-order valence-corrected chi connectivity index (χ0v) is 21.6. The average molecular weight is 470 g/mol. The summed E-state index contributed by atoms with van der Waals surface area (Å²) < 4.78 is 0. The van der Waals surface area contributed by atoms with Crippen LogP contribution in [-0.2, 0) is 0 Å². The lowest BCUT2D eigenvalue weighted by molar-refractivity contribution is 0.341. The van der Waals surface area contributed by atoms with Gasteiger partial charge in [-0.15, -0.1) is 0 Å². The van der Waals surface area contributed by atoms with Crippen molar-refractivity contribution in [1.82, 2.24) is 15.2 Å². The Balaban J connectivity index is 1.72. The number of hydrogen-bond acceptors (Lipinski definition) is 4. The van der Waals surface area contributed by atoms with E-state index in [9.17, 15) is 0 Å². The summed E-state index contributed by atoms with van der Waals surface area (Å²) in [6.07, 6.45) is 8.39. The molecule has 0 amide bonds. The van der Waals surface area contributed by atoms with Crippen LogP contribution in [0.1, 0.15) is 57.6 Å². The largest absolute Gasteiger partial charge is 0.385 e. The van der Waals surface area contributed by atoms with E-state index >= 15 is 0 Å². The van der Waals surface area contributed by atoms with Gasteiger partial charge in [-0.2, -0.15) is 0 Å². The van der Waals surface area contributed by atoms with Crippen LogP contribution >= 0.6 is 0 Å². The molecule has 0 unspecified atom stereocenters. The van der Waals surface area contributed by atoms with Crippen LogP contribution in [0.3, 0.4) is 0 Å². The molecule has 4 rings (SSSR count). The number of rotatable bonds is 7. The highest BCUT2D eigenvalue weighted by atomic mass is 15.2. The summed E-state index contributed by atoms with van der Waals surface area (Å²) in [5, 5.41) is 3.48. The minimum absolute atomic E-state index is 0.560. The molecular formula is C30H39N5. The number of hydrogen-bond donors (Lipinski definition) is 1. The SMILES string of the molecule is C=C(NCC(C)C)c1cccc(C(/N=C(\C)N2CCCCC2)=C2\CCN(c3cccnc3)C2=C)c1. The third-order valence-electron chi connectivity index (χ3n) is 6.80. The minimum atomic E-state index is 0.560. The first-order valence-electron chi connectivity index (χ1n) is 12.9. The number of aromatic nitrogens is 1. The van der Waals surface area contributed by atoms with E-state index in [-0.39, 0.29) is 0 Å². The molecule has 5 heteroatoms. The van der Waals surface area contributed by atoms with Gasteiger partial charge in [-0.05, 0) is 62.3 Å². The summed E-state index contributed by atoms with van der Waals surface area (Å²) >= 11 is 0. The quantitative estimate of drug-likeness (QED) is 0.380. The molecule has 1 aromatic carbocycles. The molecule has 1 aromatic heterocycles. The Morgan fingerprint density at radius 2 is 1.86 bits per heavy atom. The number of nitrogens with one attached hydrogen (secondary N) is 1. The number of anilines is 1. The van der Waals surface area contributed by atoms with Crippen LogP contribution in [-0.4, -0.2) is 41.9 Å². The molecule has 0 aliphatic carbocycles. The number of benzene rings is 1. The maximum Gasteiger partial charge on any atom is 0.102 e. The van der Waals surface area contributed by atoms with Crippen molar-refractivity contribution in [3.63, 3.8) is 0 Å². The van der Waals surface area contributed by atoms with Gasteiger partial charge in [-0.3, -0.25) is 4.98 Å². The summed E-state index contributed by atoms with van der Waals surface area (Å²) in [4.78, 5) is 14.3. The molecule has 2 fully saturated rings. The van der Waals surface area contributed by atoms with Gasteiger partial charge in [-0.1, -0.05) is 45.2 Å². The Morgan fingerprint density at radius 1 is 1.09 bits per heavy atom. The second-order valence-corrected chi connectivity index (χ2v) is 9.93. The van der Waals surface area contributed by atoms with Gasteiger partial charge in [0.25, 0.3) is 0 Å². The van der Waals surface area contributed by atoms with E-state index in [0.29, 0.717) is 5.92 Å². The van der Waals surface area contributed by atoms with Gasteiger partial charge in [-0.25, -0.2) is 4.99 Å². The van der Waals surface area contributed by atoms with E-state index in [1.54, 1.807) is 0 Å². The topological polar surface area (TPSA) is 43.8 Å². The number of nitrogens with zero attached hydrogens (tertiary/aromatic N) is 4. The first kappa shape index (κ1) is 24.8. The molecule has 0 radical (unpaired) electrons. The molecule has 2 aliphatic rings. The van der Waals surface area contributed by atoms with Crippen LogP contribution in [0.25, 0.3) is 11.4 Å². The molecule has 5 nitrogen and oxygen atoms in total. The van der Waals surface area contributed by atoms with E-state index in [2.05, 4.69) is 84.4 Å². The van der Waals surface area contributed by atoms with E-state index in [4.69, 9.17) is 4.99 Å². The van der Waals surface area contributed by atoms with Crippen molar-refractivity contribution < 1.29 is 0 Å². The normalized spacial score (nSPS) is 18.3. The summed E-state index contributed by atoms with van der Waals surface area (Å²) in [6.45, 7) is 19.3. The van der Waals surface area contributed by atoms with Gasteiger partial charge in [0, 0.05) is 54.9 Å². The molecule has 1 N–H and O–H groups in total. The zero-order valence-electron chi connectivity index (χ0n) is 21.6. The Bertz CT molecular complexity index is 1110. The third kappa shape index (κ3) is 6.02. The number of amidine groups is 1. The minimum Gasteiger partial charge on any atom is -0.385 e.